The van der Waals surface area contributed by atoms with E-state index < -0.39 is 12.6 Å². The molecule has 0 bridgehead atoms. The predicted molar refractivity (Wildman–Crippen MR) is 73.5 cm³/mol. The van der Waals surface area contributed by atoms with E-state index in [9.17, 15) is 8.78 Å². The van der Waals surface area contributed by atoms with Crippen molar-refractivity contribution in [2.24, 2.45) is 0 Å². The van der Waals surface area contributed by atoms with Crippen LogP contribution in [0.3, 0.4) is 0 Å². The maximum Gasteiger partial charge on any atom is 0.263 e. The highest BCUT2D eigenvalue weighted by Gasteiger charge is 2.31. The van der Waals surface area contributed by atoms with Gasteiger partial charge in [0, 0.05) is 0 Å². The summed E-state index contributed by atoms with van der Waals surface area (Å²) in [7, 11) is 0. The molecule has 0 aliphatic carbocycles. The minimum Gasteiger partial charge on any atom is -0.458 e. The van der Waals surface area contributed by atoms with Gasteiger partial charge in [0.1, 0.15) is 23.1 Å². The van der Waals surface area contributed by atoms with Crippen LogP contribution in [0.5, 0.6) is 11.5 Å². The summed E-state index contributed by atoms with van der Waals surface area (Å²) in [6, 6.07) is 11.1. The van der Waals surface area contributed by atoms with Crippen LogP contribution in [0.4, 0.5) is 8.78 Å². The van der Waals surface area contributed by atoms with E-state index in [0.717, 1.165) is 0 Å². The zero-order chi connectivity index (χ0) is 15.4. The Morgan fingerprint density at radius 1 is 0.682 bits per heavy atom. The Balaban J connectivity index is 1.68. The molecule has 0 spiro atoms. The Kier molecular flexibility index (Phi) is 4.50. The lowest BCUT2D eigenvalue weighted by molar-refractivity contribution is -0.271. The molecule has 0 unspecified atom stereocenters. The van der Waals surface area contributed by atoms with E-state index in [2.05, 4.69) is 0 Å². The number of hydrogen-bond acceptors (Lipinski definition) is 4. The number of benzene rings is 2. The second-order valence-electron chi connectivity index (χ2n) is 4.62. The highest BCUT2D eigenvalue weighted by Crippen LogP contribution is 2.21. The highest BCUT2D eigenvalue weighted by molar-refractivity contribution is 5.23. The van der Waals surface area contributed by atoms with Crippen molar-refractivity contribution in [2.75, 3.05) is 13.2 Å². The quantitative estimate of drug-likeness (QED) is 0.869. The molecule has 1 heterocycles. The van der Waals surface area contributed by atoms with Crippen molar-refractivity contribution < 1.29 is 27.7 Å². The lowest BCUT2D eigenvalue weighted by atomic mass is 10.3. The maximum absolute atomic E-state index is 12.9. The van der Waals surface area contributed by atoms with Crippen LogP contribution in [0.25, 0.3) is 0 Å². The number of ether oxygens (including phenoxy) is 4. The summed E-state index contributed by atoms with van der Waals surface area (Å²) < 4.78 is 48.0. The SMILES string of the molecule is Fc1ccc(O[C@@H]2OCCO[C@H]2Oc2ccc(F)cc2)cc1. The third kappa shape index (κ3) is 3.72. The van der Waals surface area contributed by atoms with Crippen molar-refractivity contribution in [3.05, 3.63) is 60.2 Å². The highest BCUT2D eigenvalue weighted by atomic mass is 19.1. The van der Waals surface area contributed by atoms with Gasteiger partial charge in [-0.2, -0.15) is 0 Å². The summed E-state index contributed by atoms with van der Waals surface area (Å²) in [6.45, 7) is 0.713. The minimum atomic E-state index is -0.802. The Bertz CT molecular complexity index is 545. The molecule has 22 heavy (non-hydrogen) atoms. The van der Waals surface area contributed by atoms with Crippen molar-refractivity contribution in [3.8, 4) is 11.5 Å². The van der Waals surface area contributed by atoms with Crippen LogP contribution in [0, 0.1) is 11.6 Å². The molecule has 3 rings (SSSR count). The van der Waals surface area contributed by atoms with E-state index in [1.54, 1.807) is 0 Å². The van der Waals surface area contributed by atoms with Gasteiger partial charge in [-0.15, -0.1) is 0 Å². The van der Waals surface area contributed by atoms with Crippen molar-refractivity contribution in [2.45, 2.75) is 12.6 Å². The molecule has 0 amide bonds. The molecule has 1 aliphatic rings. The number of rotatable bonds is 4. The largest absolute Gasteiger partial charge is 0.458 e. The third-order valence-corrected chi connectivity index (χ3v) is 3.00. The number of halogens is 2. The smallest absolute Gasteiger partial charge is 0.263 e. The second-order valence-corrected chi connectivity index (χ2v) is 4.62. The Morgan fingerprint density at radius 3 is 1.41 bits per heavy atom. The molecule has 4 nitrogen and oxygen atoms in total. The van der Waals surface area contributed by atoms with Crippen LogP contribution >= 0.6 is 0 Å². The summed E-state index contributed by atoms with van der Waals surface area (Å²) >= 11 is 0. The molecule has 0 saturated carbocycles. The van der Waals surface area contributed by atoms with Crippen LogP contribution in [0.1, 0.15) is 0 Å². The third-order valence-electron chi connectivity index (χ3n) is 3.00. The maximum atomic E-state index is 12.9. The summed E-state index contributed by atoms with van der Waals surface area (Å²) in [6.07, 6.45) is -1.60. The normalized spacial score (nSPS) is 21.4. The molecule has 1 aliphatic heterocycles. The van der Waals surface area contributed by atoms with E-state index in [-0.39, 0.29) is 11.6 Å². The van der Waals surface area contributed by atoms with Crippen molar-refractivity contribution in [1.29, 1.82) is 0 Å². The van der Waals surface area contributed by atoms with E-state index in [1.165, 1.54) is 48.5 Å². The monoisotopic (exact) mass is 308 g/mol. The van der Waals surface area contributed by atoms with Gasteiger partial charge in [0.05, 0.1) is 13.2 Å². The molecule has 1 fully saturated rings. The molecular formula is C16H14F2O4. The van der Waals surface area contributed by atoms with Crippen LogP contribution < -0.4 is 9.47 Å². The summed E-state index contributed by atoms with van der Waals surface area (Å²) in [4.78, 5) is 0. The van der Waals surface area contributed by atoms with Gasteiger partial charge in [-0.05, 0) is 48.5 Å². The van der Waals surface area contributed by atoms with Gasteiger partial charge in [0.25, 0.3) is 12.6 Å². The molecule has 0 radical (unpaired) electrons. The molecule has 1 saturated heterocycles. The minimum absolute atomic E-state index is 0.354. The first-order valence-corrected chi connectivity index (χ1v) is 6.78. The Hall–Kier alpha value is -2.18. The van der Waals surface area contributed by atoms with Crippen molar-refractivity contribution in [3.63, 3.8) is 0 Å². The van der Waals surface area contributed by atoms with Gasteiger partial charge in [0.15, 0.2) is 0 Å². The van der Waals surface area contributed by atoms with Crippen LogP contribution in [-0.2, 0) is 9.47 Å². The van der Waals surface area contributed by atoms with E-state index in [0.29, 0.717) is 24.7 Å². The zero-order valence-corrected chi connectivity index (χ0v) is 11.6. The fourth-order valence-corrected chi connectivity index (χ4v) is 1.96. The standard InChI is InChI=1S/C16H14F2O4/c17-11-1-5-13(6-2-11)21-15-16(20-10-9-19-15)22-14-7-3-12(18)4-8-14/h1-8,15-16H,9-10H2/t15-,16-/m0/s1. The fraction of sp³-hybridized carbons (Fsp3) is 0.250. The molecule has 116 valence electrons. The molecular weight excluding hydrogens is 294 g/mol. The molecule has 2 aromatic rings. The van der Waals surface area contributed by atoms with E-state index in [4.69, 9.17) is 18.9 Å². The Morgan fingerprint density at radius 2 is 1.05 bits per heavy atom. The van der Waals surface area contributed by atoms with Crippen molar-refractivity contribution >= 4 is 0 Å². The van der Waals surface area contributed by atoms with E-state index >= 15 is 0 Å². The van der Waals surface area contributed by atoms with Gasteiger partial charge in [-0.3, -0.25) is 0 Å². The van der Waals surface area contributed by atoms with Gasteiger partial charge in [-0.1, -0.05) is 0 Å². The average molecular weight is 308 g/mol. The van der Waals surface area contributed by atoms with E-state index in [1.807, 2.05) is 0 Å². The summed E-state index contributed by atoms with van der Waals surface area (Å²) in [5.41, 5.74) is 0. The first kappa shape index (κ1) is 14.7. The van der Waals surface area contributed by atoms with Gasteiger partial charge < -0.3 is 18.9 Å². The fourth-order valence-electron chi connectivity index (χ4n) is 1.96. The molecule has 2 aromatic carbocycles. The topological polar surface area (TPSA) is 36.9 Å². The lowest BCUT2D eigenvalue weighted by Crippen LogP contribution is -2.45. The first-order valence-electron chi connectivity index (χ1n) is 6.78. The second kappa shape index (κ2) is 6.72. The molecule has 2 atom stereocenters. The Labute approximate surface area is 126 Å². The summed E-state index contributed by atoms with van der Waals surface area (Å²) in [5, 5.41) is 0. The zero-order valence-electron chi connectivity index (χ0n) is 11.6. The van der Waals surface area contributed by atoms with Gasteiger partial charge in [0.2, 0.25) is 0 Å². The van der Waals surface area contributed by atoms with Crippen molar-refractivity contribution in [1.82, 2.24) is 0 Å². The van der Waals surface area contributed by atoms with Gasteiger partial charge in [-0.25, -0.2) is 8.78 Å². The lowest BCUT2D eigenvalue weighted by Gasteiger charge is -2.31. The van der Waals surface area contributed by atoms with Crippen LogP contribution in [0.15, 0.2) is 48.5 Å². The molecule has 6 heteroatoms. The first-order chi connectivity index (χ1) is 10.7. The van der Waals surface area contributed by atoms with Gasteiger partial charge >= 0.3 is 0 Å². The average Bonchev–Trinajstić information content (AvgIpc) is 2.54. The molecule has 0 aromatic heterocycles. The summed E-state index contributed by atoms with van der Waals surface area (Å²) in [5.74, 6) is 0.161. The molecule has 0 N–H and O–H groups in total. The predicted octanol–water partition coefficient (Wildman–Crippen LogP) is 3.12. The van der Waals surface area contributed by atoms with Crippen LogP contribution in [-0.4, -0.2) is 25.8 Å². The number of hydrogen-bond donors (Lipinski definition) is 0. The van der Waals surface area contributed by atoms with Crippen LogP contribution in [0.2, 0.25) is 0 Å².